The maximum atomic E-state index is 13.1. The number of amides is 8. The van der Waals surface area contributed by atoms with Crippen molar-refractivity contribution in [2.75, 3.05) is 85.2 Å². The van der Waals surface area contributed by atoms with Gasteiger partial charge in [-0.3, -0.25) is 78.6 Å². The Morgan fingerprint density at radius 2 is 0.919 bits per heavy atom. The van der Waals surface area contributed by atoms with Crippen LogP contribution in [-0.2, 0) is 38.1 Å². The Hall–Kier alpha value is -11.7. The SMILES string of the molecule is Cn1c2ccncc2c2ccc(-c3ccc(OC4CC(C=O)C4)nc3)cc21.Cn1c2ccncc2c2ccc(-c3ccc(OC4CC(CN5CC6(CN(CCOc7ccc8c(c7)C(=O)N(C7CCC(=O)NC7=O)C8=O)C6)C5)C4)nc3)cc21.O=C1CCC(N2C(=O)c3ccc(OCCN4CC5(CNC5)C4)cc3C2=O)C(=O)N1. The number of piperidine rings is 2. The van der Waals surface area contributed by atoms with Crippen LogP contribution in [0.5, 0.6) is 23.3 Å². The molecule has 14 heterocycles. The first kappa shape index (κ1) is 71.0. The molecule has 2 atom stereocenters. The van der Waals surface area contributed by atoms with E-state index in [9.17, 15) is 43.2 Å². The van der Waals surface area contributed by atoms with Crippen molar-refractivity contribution in [2.24, 2.45) is 36.8 Å². The summed E-state index contributed by atoms with van der Waals surface area (Å²) in [6.07, 6.45) is 16.7. The second-order valence-corrected chi connectivity index (χ2v) is 31.5. The van der Waals surface area contributed by atoms with E-state index in [0.29, 0.717) is 53.2 Å². The number of aromatic nitrogens is 6. The van der Waals surface area contributed by atoms with E-state index >= 15 is 0 Å². The number of aldehydes is 1. The van der Waals surface area contributed by atoms with Gasteiger partial charge in [0.25, 0.3) is 23.6 Å². The summed E-state index contributed by atoms with van der Waals surface area (Å²) in [7, 11) is 4.17. The molecule has 2 spiro atoms. The van der Waals surface area contributed by atoms with E-state index in [0.717, 1.165) is 147 Å². The molecule has 8 aliphatic heterocycles. The number of nitrogens with zero attached hydrogens (tertiary/aromatic N) is 11. The summed E-state index contributed by atoms with van der Waals surface area (Å²) in [5.41, 5.74) is 10.9. The van der Waals surface area contributed by atoms with Crippen LogP contribution in [0.3, 0.4) is 0 Å². The molecule has 6 saturated heterocycles. The number of pyridine rings is 4. The number of imide groups is 4. The first-order valence-corrected chi connectivity index (χ1v) is 38.1. The summed E-state index contributed by atoms with van der Waals surface area (Å²) in [4.78, 5) is 136. The van der Waals surface area contributed by atoms with Gasteiger partial charge < -0.3 is 43.1 Å². The van der Waals surface area contributed by atoms with Gasteiger partial charge in [0.05, 0.1) is 33.3 Å². The van der Waals surface area contributed by atoms with Crippen LogP contribution in [0.15, 0.2) is 146 Å². The maximum absolute atomic E-state index is 13.1. The van der Waals surface area contributed by atoms with E-state index in [-0.39, 0.29) is 72.0 Å². The minimum atomic E-state index is -0.981. The van der Waals surface area contributed by atoms with Gasteiger partial charge in [0.15, 0.2) is 0 Å². The van der Waals surface area contributed by atoms with E-state index in [4.69, 9.17) is 18.9 Å². The van der Waals surface area contributed by atoms with Crippen molar-refractivity contribution in [1.29, 1.82) is 0 Å². The van der Waals surface area contributed by atoms with Gasteiger partial charge in [-0.05, 0) is 128 Å². The molecule has 2 saturated carbocycles. The molecule has 3 N–H and O–H groups in total. The largest absolute Gasteiger partial charge is 0.492 e. The number of carbonyl (C=O) groups excluding carboxylic acids is 9. The molecule has 2 unspecified atom stereocenters. The molecule has 10 aliphatic rings. The van der Waals surface area contributed by atoms with Crippen LogP contribution in [-0.4, -0.2) is 217 Å². The number of likely N-dealkylation sites (tertiary alicyclic amines) is 3. The first-order valence-electron chi connectivity index (χ1n) is 38.1. The average Bonchev–Trinajstić information content (AvgIpc) is 1.74. The zero-order valence-electron chi connectivity index (χ0n) is 61.5. The summed E-state index contributed by atoms with van der Waals surface area (Å²) in [6, 6.07) is 32.8. The highest BCUT2D eigenvalue weighted by molar-refractivity contribution is 6.25. The van der Waals surface area contributed by atoms with Crippen molar-refractivity contribution in [1.82, 2.24) is 69.5 Å². The Balaban J connectivity index is 0.000000129. The summed E-state index contributed by atoms with van der Waals surface area (Å²) in [5, 5.41) is 12.4. The normalized spacial score (nSPS) is 22.9. The summed E-state index contributed by atoms with van der Waals surface area (Å²) < 4.78 is 28.2. The number of hydrogen-bond donors (Lipinski definition) is 3. The highest BCUT2D eigenvalue weighted by Crippen LogP contribution is 2.43. The molecule has 111 heavy (non-hydrogen) atoms. The molecular weight excluding hydrogens is 1410 g/mol. The molecule has 20 rings (SSSR count). The lowest BCUT2D eigenvalue weighted by molar-refractivity contribution is -0.137. The van der Waals surface area contributed by atoms with E-state index in [1.165, 1.54) is 32.8 Å². The number of hydrogen-bond acceptors (Lipinski definition) is 21. The van der Waals surface area contributed by atoms with Gasteiger partial charge in [-0.15, -0.1) is 0 Å². The molecule has 8 amide bonds. The lowest BCUT2D eigenvalue weighted by Crippen LogP contribution is -2.72. The third-order valence-corrected chi connectivity index (χ3v) is 23.9. The number of aryl methyl sites for hydroxylation is 2. The molecule has 4 aromatic carbocycles. The van der Waals surface area contributed by atoms with Crippen molar-refractivity contribution in [2.45, 2.75) is 75.7 Å². The van der Waals surface area contributed by atoms with Gasteiger partial charge in [0.2, 0.25) is 35.4 Å². The highest BCUT2D eigenvalue weighted by Gasteiger charge is 2.53. The molecule has 10 aromatic rings. The Kier molecular flexibility index (Phi) is 18.3. The summed E-state index contributed by atoms with van der Waals surface area (Å²) in [5.74, 6) is -0.954. The predicted molar refractivity (Wildman–Crippen MR) is 408 cm³/mol. The number of benzene rings is 4. The Morgan fingerprint density at radius 1 is 0.468 bits per heavy atom. The molecule has 566 valence electrons. The number of carbonyl (C=O) groups is 9. The van der Waals surface area contributed by atoms with E-state index in [1.807, 2.05) is 61.4 Å². The zero-order valence-corrected chi connectivity index (χ0v) is 61.5. The Morgan fingerprint density at radius 3 is 1.36 bits per heavy atom. The minimum absolute atomic E-state index is 0.0882. The lowest BCUT2D eigenvalue weighted by atomic mass is 9.71. The smallest absolute Gasteiger partial charge is 0.262 e. The maximum Gasteiger partial charge on any atom is 0.262 e. The molecule has 6 aromatic heterocycles. The third-order valence-electron chi connectivity index (χ3n) is 23.9. The monoisotopic (exact) mass is 1490 g/mol. The second kappa shape index (κ2) is 28.7. The third kappa shape index (κ3) is 13.5. The van der Waals surface area contributed by atoms with E-state index in [1.54, 1.807) is 36.4 Å². The molecule has 0 radical (unpaired) electrons. The van der Waals surface area contributed by atoms with Crippen LogP contribution >= 0.6 is 0 Å². The molecule has 8 fully saturated rings. The molecule has 27 nitrogen and oxygen atoms in total. The van der Waals surface area contributed by atoms with Crippen LogP contribution in [0.1, 0.15) is 92.8 Å². The fraction of sp³-hybridized carbons (Fsp3) is 0.369. The van der Waals surface area contributed by atoms with Crippen LogP contribution in [0.25, 0.3) is 65.9 Å². The average molecular weight is 1500 g/mol. The fourth-order valence-corrected chi connectivity index (χ4v) is 17.9. The van der Waals surface area contributed by atoms with Gasteiger partial charge in [-0.2, -0.15) is 0 Å². The lowest BCUT2D eigenvalue weighted by Gasteiger charge is -2.61. The van der Waals surface area contributed by atoms with Crippen molar-refractivity contribution in [3.05, 3.63) is 169 Å². The zero-order chi connectivity index (χ0) is 76.0. The molecule has 27 heteroatoms. The highest BCUT2D eigenvalue weighted by atomic mass is 16.5. The Bertz CT molecular complexity index is 5450. The van der Waals surface area contributed by atoms with E-state index < -0.39 is 53.4 Å². The molecular formula is C84H82N14O13. The van der Waals surface area contributed by atoms with E-state index in [2.05, 4.69) is 122 Å². The quantitative estimate of drug-likeness (QED) is 0.0519. The number of fused-ring (bicyclic) bond motifs is 8. The Labute approximate surface area is 637 Å². The number of nitrogens with one attached hydrogen (secondary N) is 3. The standard InChI is InChI=1S/C42H41N7O6.C22H19N3O2.C20H22N4O5/c1-46-34-10-11-43-19-33(34)30-5-2-26(16-36(30)46)27-3-9-38(44-18-27)55-29-14-25(15-29)20-48-23-42(24-48)21-47(22-42)12-13-54-28-4-6-31-32(17-28)41(53)49(40(31)52)35-7-8-37(50)45-39(35)51;1-25-20-6-7-23-12-19(20)18-4-2-15(10-21(18)25)16-3-5-22(24-11-16)27-17-8-14(9-17)13-26;25-16-4-3-15(17(26)22-16)24-18(27)13-2-1-12(7-14(13)19(24)28)29-6-5-23-10-20(11-23)8-21-9-20/h2-6,9-11,16-19,25,29,35H,7-8,12-15,20-24H2,1H3,(H,45,50,51);2-7,10-14,17H,8-9H2,1H3;1-2,7,15,21H,3-6,8-11H2,(H,22,25,26). The van der Waals surface area contributed by atoms with Gasteiger partial charge in [0, 0.05) is 209 Å². The summed E-state index contributed by atoms with van der Waals surface area (Å²) in [6.45, 7) is 12.4. The van der Waals surface area contributed by atoms with Gasteiger partial charge in [-0.1, -0.05) is 24.3 Å². The number of rotatable bonds is 19. The van der Waals surface area contributed by atoms with Crippen molar-refractivity contribution >= 4 is 97.2 Å². The van der Waals surface area contributed by atoms with Crippen LogP contribution in [0.4, 0.5) is 0 Å². The summed E-state index contributed by atoms with van der Waals surface area (Å²) >= 11 is 0. The second-order valence-electron chi connectivity index (χ2n) is 31.5. The van der Waals surface area contributed by atoms with Gasteiger partial charge in [0.1, 0.15) is 55.3 Å². The topological polar surface area (TPSA) is 304 Å². The van der Waals surface area contributed by atoms with Gasteiger partial charge in [-0.25, -0.2) is 9.97 Å². The van der Waals surface area contributed by atoms with Crippen molar-refractivity contribution in [3.63, 3.8) is 0 Å². The minimum Gasteiger partial charge on any atom is -0.492 e. The van der Waals surface area contributed by atoms with Crippen molar-refractivity contribution < 1.29 is 62.1 Å². The molecule has 2 aliphatic carbocycles. The van der Waals surface area contributed by atoms with Gasteiger partial charge >= 0.3 is 0 Å². The first-order chi connectivity index (χ1) is 53.9. The fourth-order valence-electron chi connectivity index (χ4n) is 17.9. The molecule has 0 bridgehead atoms. The number of ether oxygens (including phenoxy) is 4. The van der Waals surface area contributed by atoms with Crippen molar-refractivity contribution in [3.8, 4) is 45.5 Å². The predicted octanol–water partition coefficient (Wildman–Crippen LogP) is 7.56. The van der Waals surface area contributed by atoms with Crippen LogP contribution in [0, 0.1) is 22.7 Å². The van der Waals surface area contributed by atoms with Crippen LogP contribution < -0.4 is 34.9 Å². The van der Waals surface area contributed by atoms with Crippen LogP contribution in [0.2, 0.25) is 0 Å².